The molecule has 1 N–H and O–H groups in total. The second-order valence-corrected chi connectivity index (χ2v) is 4.79. The maximum atomic E-state index is 12.7. The first-order valence-corrected chi connectivity index (χ1v) is 6.89. The lowest BCUT2D eigenvalue weighted by molar-refractivity contribution is -0.116. The number of halogens is 2. The number of hydrogen-bond donors (Lipinski definition) is 1. The number of carbonyl (C=O) groups is 1. The van der Waals surface area contributed by atoms with Gasteiger partial charge in [0.2, 0.25) is 5.91 Å². The van der Waals surface area contributed by atoms with E-state index in [1.165, 1.54) is 18.2 Å². The summed E-state index contributed by atoms with van der Waals surface area (Å²) in [6, 6.07) is 5.88. The summed E-state index contributed by atoms with van der Waals surface area (Å²) < 4.78 is 14.4. The third-order valence-corrected chi connectivity index (χ3v) is 3.15. The van der Waals surface area contributed by atoms with Crippen molar-refractivity contribution in [3.05, 3.63) is 58.6 Å². The fourth-order valence-electron chi connectivity index (χ4n) is 1.69. The third-order valence-electron chi connectivity index (χ3n) is 2.84. The van der Waals surface area contributed by atoms with Crippen molar-refractivity contribution in [3.63, 3.8) is 0 Å². The molecule has 0 fully saturated rings. The predicted molar refractivity (Wildman–Crippen MR) is 80.2 cm³/mol. The van der Waals surface area contributed by atoms with E-state index in [4.69, 9.17) is 11.6 Å². The van der Waals surface area contributed by atoms with E-state index in [0.717, 1.165) is 12.1 Å². The first kappa shape index (κ1) is 15.3. The summed E-state index contributed by atoms with van der Waals surface area (Å²) in [7, 11) is 0. The smallest absolute Gasteiger partial charge is 0.244 e. The molecule has 0 aliphatic carbocycles. The minimum absolute atomic E-state index is 0.262. The van der Waals surface area contributed by atoms with E-state index in [2.05, 4.69) is 10.4 Å². The molecule has 0 saturated heterocycles. The van der Waals surface area contributed by atoms with Crippen molar-refractivity contribution in [3.8, 4) is 0 Å². The Kier molecular flexibility index (Phi) is 5.11. The molecule has 0 unspecified atom stereocenters. The van der Waals surface area contributed by atoms with Gasteiger partial charge < -0.3 is 5.32 Å². The average Bonchev–Trinajstić information content (AvgIpc) is 2.85. The molecule has 0 aliphatic rings. The Bertz CT molecular complexity index is 649. The summed E-state index contributed by atoms with van der Waals surface area (Å²) in [6.45, 7) is 2.94. The molecule has 21 heavy (non-hydrogen) atoms. The highest BCUT2D eigenvalue weighted by atomic mass is 35.5. The van der Waals surface area contributed by atoms with E-state index in [1.54, 1.807) is 29.1 Å². The lowest BCUT2D eigenvalue weighted by atomic mass is 10.2. The Morgan fingerprint density at radius 2 is 2.14 bits per heavy atom. The number of nitrogens with one attached hydrogen (secondary N) is 1. The first-order valence-electron chi connectivity index (χ1n) is 6.52. The Balaban J connectivity index is 1.89. The molecular formula is C15H15ClFN3O. The number of hydrogen-bond acceptors (Lipinski definition) is 2. The number of amides is 1. The minimum Gasteiger partial charge on any atom is -0.347 e. The van der Waals surface area contributed by atoms with Crippen molar-refractivity contribution < 1.29 is 9.18 Å². The molecular weight excluding hydrogens is 293 g/mol. The van der Waals surface area contributed by atoms with Gasteiger partial charge in [-0.25, -0.2) is 4.39 Å². The van der Waals surface area contributed by atoms with Crippen LogP contribution < -0.4 is 5.32 Å². The number of aromatic nitrogens is 2. The predicted octanol–water partition coefficient (Wildman–Crippen LogP) is 3.03. The molecule has 2 rings (SSSR count). The molecule has 1 aromatic heterocycles. The van der Waals surface area contributed by atoms with Crippen LogP contribution in [0.3, 0.4) is 0 Å². The molecule has 4 nitrogen and oxygen atoms in total. The largest absolute Gasteiger partial charge is 0.347 e. The monoisotopic (exact) mass is 307 g/mol. The van der Waals surface area contributed by atoms with E-state index < -0.39 is 0 Å². The zero-order valence-electron chi connectivity index (χ0n) is 11.5. The average molecular weight is 308 g/mol. The van der Waals surface area contributed by atoms with Crippen LogP contribution in [0.4, 0.5) is 4.39 Å². The van der Waals surface area contributed by atoms with Gasteiger partial charge in [0.1, 0.15) is 11.5 Å². The van der Waals surface area contributed by atoms with Gasteiger partial charge in [0.25, 0.3) is 0 Å². The van der Waals surface area contributed by atoms with Crippen molar-refractivity contribution in [2.75, 3.05) is 0 Å². The molecule has 0 atom stereocenters. The van der Waals surface area contributed by atoms with Gasteiger partial charge in [-0.05, 0) is 30.7 Å². The van der Waals surface area contributed by atoms with Crippen LogP contribution in [0.25, 0.3) is 6.08 Å². The molecule has 1 amide bonds. The van der Waals surface area contributed by atoms with Gasteiger partial charge in [-0.15, -0.1) is 0 Å². The highest BCUT2D eigenvalue weighted by molar-refractivity contribution is 6.31. The van der Waals surface area contributed by atoms with Gasteiger partial charge >= 0.3 is 0 Å². The molecule has 0 saturated carbocycles. The van der Waals surface area contributed by atoms with E-state index in [0.29, 0.717) is 10.7 Å². The molecule has 1 heterocycles. The molecule has 0 bridgehead atoms. The van der Waals surface area contributed by atoms with Crippen LogP contribution in [0.15, 0.2) is 36.5 Å². The zero-order valence-corrected chi connectivity index (χ0v) is 12.3. The standard InChI is InChI=1S/C15H15ClFN3O/c1-2-20-10-13(16)14(19-20)9-18-15(21)8-5-11-3-6-12(17)7-4-11/h3-8,10H,2,9H2,1H3,(H,18,21)/b8-5+. The fraction of sp³-hybridized carbons (Fsp3) is 0.200. The van der Waals surface area contributed by atoms with Crippen LogP contribution in [0.1, 0.15) is 18.2 Å². The van der Waals surface area contributed by atoms with Crippen molar-refractivity contribution >= 4 is 23.6 Å². The summed E-state index contributed by atoms with van der Waals surface area (Å²) in [5, 5.41) is 7.46. The van der Waals surface area contributed by atoms with E-state index in [9.17, 15) is 9.18 Å². The van der Waals surface area contributed by atoms with Gasteiger partial charge in [-0.2, -0.15) is 5.10 Å². The topological polar surface area (TPSA) is 46.9 Å². The highest BCUT2D eigenvalue weighted by Crippen LogP contribution is 2.13. The molecule has 1 aromatic carbocycles. The number of carbonyl (C=O) groups excluding carboxylic acids is 1. The van der Waals surface area contributed by atoms with E-state index >= 15 is 0 Å². The lowest BCUT2D eigenvalue weighted by Crippen LogP contribution is -2.20. The van der Waals surface area contributed by atoms with E-state index in [1.807, 2.05) is 6.92 Å². The first-order chi connectivity index (χ1) is 10.1. The van der Waals surface area contributed by atoms with E-state index in [-0.39, 0.29) is 18.3 Å². The van der Waals surface area contributed by atoms with Crippen LogP contribution in [-0.4, -0.2) is 15.7 Å². The Morgan fingerprint density at radius 3 is 2.76 bits per heavy atom. The Hall–Kier alpha value is -2.14. The minimum atomic E-state index is -0.308. The summed E-state index contributed by atoms with van der Waals surface area (Å²) in [6.07, 6.45) is 4.72. The quantitative estimate of drug-likeness (QED) is 0.863. The van der Waals surface area contributed by atoms with Crippen molar-refractivity contribution in [2.45, 2.75) is 20.0 Å². The van der Waals surface area contributed by atoms with Gasteiger partial charge in [-0.3, -0.25) is 9.48 Å². The fourth-order valence-corrected chi connectivity index (χ4v) is 1.91. The van der Waals surface area contributed by atoms with Gasteiger partial charge in [0, 0.05) is 18.8 Å². The summed E-state index contributed by atoms with van der Waals surface area (Å²) >= 11 is 6.01. The molecule has 2 aromatic rings. The summed E-state index contributed by atoms with van der Waals surface area (Å²) in [4.78, 5) is 11.7. The Labute approximate surface area is 127 Å². The SMILES string of the molecule is CCn1cc(Cl)c(CNC(=O)/C=C/c2ccc(F)cc2)n1. The molecule has 110 valence electrons. The van der Waals surface area contributed by atoms with Crippen molar-refractivity contribution in [1.82, 2.24) is 15.1 Å². The normalized spacial score (nSPS) is 11.0. The van der Waals surface area contributed by atoms with Crippen LogP contribution in [-0.2, 0) is 17.9 Å². The number of aryl methyl sites for hydroxylation is 1. The van der Waals surface area contributed by atoms with Crippen LogP contribution in [0.2, 0.25) is 5.02 Å². The van der Waals surface area contributed by atoms with Gasteiger partial charge in [0.15, 0.2) is 0 Å². The number of rotatable bonds is 5. The third kappa shape index (κ3) is 4.43. The number of nitrogens with zero attached hydrogens (tertiary/aromatic N) is 2. The second-order valence-electron chi connectivity index (χ2n) is 4.38. The molecule has 6 heteroatoms. The second kappa shape index (κ2) is 7.04. The highest BCUT2D eigenvalue weighted by Gasteiger charge is 2.06. The van der Waals surface area contributed by atoms with Gasteiger partial charge in [0.05, 0.1) is 11.6 Å². The zero-order chi connectivity index (χ0) is 15.2. The summed E-state index contributed by atoms with van der Waals surface area (Å²) in [5.74, 6) is -0.570. The lowest BCUT2D eigenvalue weighted by Gasteiger charge is -2.00. The number of benzene rings is 1. The Morgan fingerprint density at radius 1 is 1.43 bits per heavy atom. The molecule has 0 radical (unpaired) electrons. The van der Waals surface area contributed by atoms with Crippen molar-refractivity contribution in [2.24, 2.45) is 0 Å². The van der Waals surface area contributed by atoms with Crippen LogP contribution in [0, 0.1) is 5.82 Å². The maximum Gasteiger partial charge on any atom is 0.244 e. The maximum absolute atomic E-state index is 12.7. The van der Waals surface area contributed by atoms with Gasteiger partial charge in [-0.1, -0.05) is 23.7 Å². The molecule has 0 spiro atoms. The molecule has 0 aliphatic heterocycles. The van der Waals surface area contributed by atoms with Crippen molar-refractivity contribution in [1.29, 1.82) is 0 Å². The van der Waals surface area contributed by atoms with Crippen LogP contribution in [0.5, 0.6) is 0 Å². The summed E-state index contributed by atoms with van der Waals surface area (Å²) in [5.41, 5.74) is 1.38. The van der Waals surface area contributed by atoms with Crippen LogP contribution >= 0.6 is 11.6 Å².